The molecular weight excluding hydrogens is 476 g/mol. The SMILES string of the molecule is CSc1ccc2c(c1)c(SC(C)N(C)C)c(C)n2S(=O)(=O)c1ccccc1Br. The lowest BCUT2D eigenvalue weighted by Crippen LogP contribution is -2.21. The van der Waals surface area contributed by atoms with Crippen LogP contribution in [0.2, 0.25) is 0 Å². The van der Waals surface area contributed by atoms with E-state index < -0.39 is 10.0 Å². The van der Waals surface area contributed by atoms with Crippen LogP contribution in [0.15, 0.2) is 61.6 Å². The number of fused-ring (bicyclic) bond motifs is 1. The molecule has 1 heterocycles. The van der Waals surface area contributed by atoms with Gasteiger partial charge in [0.2, 0.25) is 0 Å². The van der Waals surface area contributed by atoms with Gasteiger partial charge in [0.05, 0.1) is 10.9 Å². The molecule has 4 nitrogen and oxygen atoms in total. The summed E-state index contributed by atoms with van der Waals surface area (Å²) in [4.78, 5) is 4.50. The quantitative estimate of drug-likeness (QED) is 0.323. The number of halogens is 1. The monoisotopic (exact) mass is 498 g/mol. The maximum absolute atomic E-state index is 13.6. The van der Waals surface area contributed by atoms with Crippen LogP contribution in [0.3, 0.4) is 0 Å². The number of aromatic nitrogens is 1. The summed E-state index contributed by atoms with van der Waals surface area (Å²) < 4.78 is 29.2. The van der Waals surface area contributed by atoms with Gasteiger partial charge in [-0.3, -0.25) is 4.90 Å². The molecule has 1 unspecified atom stereocenters. The summed E-state index contributed by atoms with van der Waals surface area (Å²) in [5, 5.41) is 1.18. The van der Waals surface area contributed by atoms with Gasteiger partial charge in [0, 0.05) is 25.3 Å². The Balaban J connectivity index is 2.32. The predicted octanol–water partition coefficient (Wildman–Crippen LogP) is 5.67. The van der Waals surface area contributed by atoms with Gasteiger partial charge in [-0.1, -0.05) is 12.1 Å². The van der Waals surface area contributed by atoms with E-state index in [4.69, 9.17) is 0 Å². The van der Waals surface area contributed by atoms with Crippen LogP contribution in [0.4, 0.5) is 0 Å². The average molecular weight is 500 g/mol. The largest absolute Gasteiger partial charge is 0.298 e. The maximum Gasteiger partial charge on any atom is 0.269 e. The fourth-order valence-electron chi connectivity index (χ4n) is 2.96. The number of thioether (sulfide) groups is 2. The normalized spacial score (nSPS) is 13.4. The van der Waals surface area contributed by atoms with Crippen LogP contribution in [0, 0.1) is 6.92 Å². The van der Waals surface area contributed by atoms with Crippen molar-refractivity contribution in [3.05, 3.63) is 52.6 Å². The summed E-state index contributed by atoms with van der Waals surface area (Å²) in [6.45, 7) is 4.01. The lowest BCUT2D eigenvalue weighted by molar-refractivity contribution is 0.402. The minimum Gasteiger partial charge on any atom is -0.298 e. The molecule has 0 saturated heterocycles. The van der Waals surface area contributed by atoms with Gasteiger partial charge in [-0.15, -0.1) is 23.5 Å². The van der Waals surface area contributed by atoms with Gasteiger partial charge in [-0.05, 0) is 80.5 Å². The fraction of sp³-hybridized carbons (Fsp3) is 0.300. The summed E-state index contributed by atoms with van der Waals surface area (Å²) in [5.41, 5.74) is 1.45. The van der Waals surface area contributed by atoms with Gasteiger partial charge < -0.3 is 0 Å². The van der Waals surface area contributed by atoms with Crippen molar-refractivity contribution in [3.8, 4) is 0 Å². The highest BCUT2D eigenvalue weighted by Gasteiger charge is 2.27. The molecule has 0 bridgehead atoms. The molecule has 0 aliphatic carbocycles. The zero-order valence-electron chi connectivity index (χ0n) is 16.4. The molecule has 3 aromatic rings. The Morgan fingerprint density at radius 1 is 1.14 bits per heavy atom. The highest BCUT2D eigenvalue weighted by molar-refractivity contribution is 9.10. The van der Waals surface area contributed by atoms with E-state index in [1.54, 1.807) is 41.7 Å². The van der Waals surface area contributed by atoms with Crippen molar-refractivity contribution >= 4 is 60.4 Å². The molecule has 0 fully saturated rings. The molecule has 1 atom stereocenters. The van der Waals surface area contributed by atoms with Crippen LogP contribution in [-0.4, -0.2) is 43.0 Å². The second-order valence-corrected chi connectivity index (χ2v) is 11.5. The first-order valence-electron chi connectivity index (χ1n) is 8.70. The Morgan fingerprint density at radius 2 is 1.82 bits per heavy atom. The van der Waals surface area contributed by atoms with E-state index in [1.165, 1.54) is 3.97 Å². The maximum atomic E-state index is 13.6. The standard InChI is InChI=1S/C20H23BrN2O2S3/c1-13-20(27-14(2)22(3)4)16-12-15(26-5)10-11-18(16)23(13)28(24,25)19-9-7-6-8-17(19)21/h6-12,14H,1-5H3. The van der Waals surface area contributed by atoms with Gasteiger partial charge in [0.1, 0.15) is 4.90 Å². The van der Waals surface area contributed by atoms with Gasteiger partial charge >= 0.3 is 0 Å². The van der Waals surface area contributed by atoms with Gasteiger partial charge in [0.25, 0.3) is 10.0 Å². The van der Waals surface area contributed by atoms with Gasteiger partial charge in [-0.25, -0.2) is 12.4 Å². The Labute approximate surface area is 183 Å². The van der Waals surface area contributed by atoms with E-state index in [0.29, 0.717) is 9.99 Å². The minimum atomic E-state index is -3.75. The Bertz CT molecular complexity index is 1120. The molecule has 1 aromatic heterocycles. The highest BCUT2D eigenvalue weighted by Crippen LogP contribution is 2.40. The summed E-state index contributed by atoms with van der Waals surface area (Å²) in [7, 11) is 0.305. The summed E-state index contributed by atoms with van der Waals surface area (Å²) in [6.07, 6.45) is 2.03. The fourth-order valence-corrected chi connectivity index (χ4v) is 7.09. The van der Waals surface area contributed by atoms with Crippen molar-refractivity contribution in [1.29, 1.82) is 0 Å². The van der Waals surface area contributed by atoms with Crippen LogP contribution < -0.4 is 0 Å². The Kier molecular flexibility index (Phi) is 6.56. The molecule has 0 radical (unpaired) electrons. The van der Waals surface area contributed by atoms with E-state index in [1.807, 2.05) is 45.5 Å². The van der Waals surface area contributed by atoms with E-state index in [0.717, 1.165) is 20.9 Å². The van der Waals surface area contributed by atoms with E-state index in [2.05, 4.69) is 33.8 Å². The van der Waals surface area contributed by atoms with Crippen LogP contribution in [0.25, 0.3) is 10.9 Å². The van der Waals surface area contributed by atoms with Crippen LogP contribution in [0.5, 0.6) is 0 Å². The third-order valence-corrected chi connectivity index (χ3v) is 9.73. The van der Waals surface area contributed by atoms with Crippen molar-refractivity contribution in [2.45, 2.75) is 33.9 Å². The van der Waals surface area contributed by atoms with Crippen molar-refractivity contribution < 1.29 is 8.42 Å². The van der Waals surface area contributed by atoms with E-state index >= 15 is 0 Å². The third kappa shape index (κ3) is 3.89. The lowest BCUT2D eigenvalue weighted by Gasteiger charge is -2.19. The zero-order chi connectivity index (χ0) is 20.6. The molecule has 3 rings (SSSR count). The van der Waals surface area contributed by atoms with Crippen molar-refractivity contribution in [3.63, 3.8) is 0 Å². The molecule has 150 valence electrons. The van der Waals surface area contributed by atoms with Crippen molar-refractivity contribution in [1.82, 2.24) is 8.87 Å². The molecule has 8 heteroatoms. The zero-order valence-corrected chi connectivity index (χ0v) is 20.5. The smallest absolute Gasteiger partial charge is 0.269 e. The number of nitrogens with zero attached hydrogens (tertiary/aromatic N) is 2. The van der Waals surface area contributed by atoms with E-state index in [9.17, 15) is 8.42 Å². The molecule has 0 amide bonds. The highest BCUT2D eigenvalue weighted by atomic mass is 79.9. The second kappa shape index (κ2) is 8.44. The Hall–Kier alpha value is -0.930. The molecular formula is C20H23BrN2O2S3. The average Bonchev–Trinajstić information content (AvgIpc) is 2.93. The molecule has 0 aliphatic heterocycles. The summed E-state index contributed by atoms with van der Waals surface area (Å²) in [6, 6.07) is 12.9. The Morgan fingerprint density at radius 3 is 2.43 bits per heavy atom. The molecule has 2 aromatic carbocycles. The molecule has 0 N–H and O–H groups in total. The van der Waals surface area contributed by atoms with Crippen molar-refractivity contribution in [2.24, 2.45) is 0 Å². The van der Waals surface area contributed by atoms with Crippen LogP contribution in [-0.2, 0) is 10.0 Å². The van der Waals surface area contributed by atoms with Gasteiger partial charge in [0.15, 0.2) is 0 Å². The molecule has 0 aliphatic rings. The van der Waals surface area contributed by atoms with Crippen LogP contribution in [0.1, 0.15) is 12.6 Å². The minimum absolute atomic E-state index is 0.210. The third-order valence-electron chi connectivity index (χ3n) is 4.67. The van der Waals surface area contributed by atoms with E-state index in [-0.39, 0.29) is 10.3 Å². The number of rotatable bonds is 6. The topological polar surface area (TPSA) is 42.3 Å². The molecule has 0 saturated carbocycles. The first kappa shape index (κ1) is 21.8. The second-order valence-electron chi connectivity index (χ2n) is 6.68. The first-order valence-corrected chi connectivity index (χ1v) is 13.0. The van der Waals surface area contributed by atoms with Gasteiger partial charge in [-0.2, -0.15) is 0 Å². The summed E-state index contributed by atoms with van der Waals surface area (Å²) in [5.74, 6) is 0. The summed E-state index contributed by atoms with van der Waals surface area (Å²) >= 11 is 6.74. The number of hydrogen-bond donors (Lipinski definition) is 0. The lowest BCUT2D eigenvalue weighted by atomic mass is 10.2. The first-order chi connectivity index (χ1) is 13.2. The van der Waals surface area contributed by atoms with Crippen LogP contribution >= 0.6 is 39.5 Å². The predicted molar refractivity (Wildman–Crippen MR) is 124 cm³/mol. The molecule has 28 heavy (non-hydrogen) atoms. The molecule has 0 spiro atoms. The van der Waals surface area contributed by atoms with Crippen molar-refractivity contribution in [2.75, 3.05) is 20.4 Å². The number of hydrogen-bond acceptors (Lipinski definition) is 5. The number of benzene rings is 2.